The standard InChI is InChI=1S/C59H96N6O15Si/c1-35-29-40-30-49(80-81(14,15)58(6,7)8)76-45(31-47(67)71-36(2)21-17-16-18-24-44(35)75-48-27-26-43(60-10)37(3)72-48)55(70-13)54(40)79-57-52(68)51(64(11)12)53(38(4)74-57)78-50-32-59(9,69)56(39(5)73-50)77-46(66)25-19-22-41-34-65(63-62-41)42-23-20-28-61-33-42/h16-18,20,23-24,28,33-40,43-45,48-57,60,68-69H,19,21-22,25-27,29-32H2,1-15H3/b17-16+,24-18+/t35-,36-,37-,38-,39+,40-,43+,44+,45-,48+,49?,50+,51-,52-,53-,54+,55+,56+,57+,59-/m1/s1. The molecule has 4 saturated heterocycles. The third-order valence-electron chi connectivity index (χ3n) is 17.2. The summed E-state index contributed by atoms with van der Waals surface area (Å²) < 4.78 is 74.5. The fourth-order valence-electron chi connectivity index (χ4n) is 11.7. The Hall–Kier alpha value is -3.59. The molecule has 22 heteroatoms. The van der Waals surface area contributed by atoms with Gasteiger partial charge in [0.1, 0.15) is 36.3 Å². The van der Waals surface area contributed by atoms with Gasteiger partial charge in [-0.1, -0.05) is 57.2 Å². The lowest BCUT2D eigenvalue weighted by atomic mass is 9.82. The van der Waals surface area contributed by atoms with Crippen LogP contribution in [0.1, 0.15) is 126 Å². The van der Waals surface area contributed by atoms with E-state index in [4.69, 9.17) is 51.8 Å². The minimum Gasteiger partial charge on any atom is -0.462 e. The first-order valence-electron chi connectivity index (χ1n) is 29.3. The van der Waals surface area contributed by atoms with Crippen molar-refractivity contribution in [2.45, 2.75) is 255 Å². The second kappa shape index (κ2) is 28.5. The van der Waals surface area contributed by atoms with E-state index in [1.54, 1.807) is 44.2 Å². The summed E-state index contributed by atoms with van der Waals surface area (Å²) in [5, 5.41) is 36.1. The van der Waals surface area contributed by atoms with Crippen LogP contribution in [-0.2, 0) is 67.8 Å². The molecular weight excluding hydrogens is 1060 g/mol. The van der Waals surface area contributed by atoms with E-state index in [1.165, 1.54) is 0 Å². The molecule has 0 aromatic carbocycles. The van der Waals surface area contributed by atoms with Crippen molar-refractivity contribution in [3.05, 3.63) is 60.7 Å². The Morgan fingerprint density at radius 2 is 1.70 bits per heavy atom. The van der Waals surface area contributed by atoms with E-state index in [1.807, 2.05) is 70.3 Å². The zero-order valence-electron chi connectivity index (χ0n) is 50.7. The van der Waals surface area contributed by atoms with Crippen LogP contribution in [-0.4, -0.2) is 194 Å². The second-order valence-electron chi connectivity index (χ2n) is 25.1. The minimum atomic E-state index is -2.50. The van der Waals surface area contributed by atoms with Gasteiger partial charge < -0.3 is 72.2 Å². The summed E-state index contributed by atoms with van der Waals surface area (Å²) in [4.78, 5) is 33.2. The number of nitrogens with zero attached hydrogens (tertiary/aromatic N) is 5. The number of cyclic esters (lactones) is 1. The van der Waals surface area contributed by atoms with Crippen molar-refractivity contribution in [1.29, 1.82) is 0 Å². The maximum absolute atomic E-state index is 14.0. The summed E-state index contributed by atoms with van der Waals surface area (Å²) in [5.41, 5.74) is -0.0459. The van der Waals surface area contributed by atoms with Gasteiger partial charge >= 0.3 is 11.9 Å². The summed E-state index contributed by atoms with van der Waals surface area (Å²) >= 11 is 0. The number of ether oxygens (including phenoxy) is 10. The van der Waals surface area contributed by atoms with Crippen LogP contribution in [0.4, 0.5) is 0 Å². The molecule has 81 heavy (non-hydrogen) atoms. The van der Waals surface area contributed by atoms with E-state index in [2.05, 4.69) is 74.4 Å². The highest BCUT2D eigenvalue weighted by atomic mass is 28.4. The number of carbonyl (C=O) groups excluding carboxylic acids is 2. The van der Waals surface area contributed by atoms with Crippen LogP contribution in [0.25, 0.3) is 5.69 Å². The fourth-order valence-corrected chi connectivity index (χ4v) is 12.9. The summed E-state index contributed by atoms with van der Waals surface area (Å²) in [5.74, 6) is -1.41. The molecule has 5 aliphatic rings. The number of aryl methyl sites for hydroxylation is 1. The molecule has 0 radical (unpaired) electrons. The number of methoxy groups -OCH3 is 1. The van der Waals surface area contributed by atoms with Gasteiger partial charge in [-0.3, -0.25) is 14.6 Å². The Balaban J connectivity index is 1.10. The fraction of sp³-hybridized carbons (Fsp3) is 0.780. The first-order valence-corrected chi connectivity index (χ1v) is 32.2. The Morgan fingerprint density at radius 3 is 2.37 bits per heavy atom. The number of aromatic nitrogens is 4. The average molecular weight is 1160 g/mol. The quantitative estimate of drug-likeness (QED) is 0.110. The number of hydrogen-bond acceptors (Lipinski definition) is 20. The van der Waals surface area contributed by atoms with E-state index in [0.29, 0.717) is 37.8 Å². The van der Waals surface area contributed by atoms with Gasteiger partial charge in [-0.15, -0.1) is 5.10 Å². The Labute approximate surface area is 481 Å². The smallest absolute Gasteiger partial charge is 0.308 e. The number of fused-ring (bicyclic) bond motifs is 3. The highest BCUT2D eigenvalue weighted by Gasteiger charge is 2.54. The molecule has 7 rings (SSSR count). The van der Waals surface area contributed by atoms with E-state index >= 15 is 0 Å². The van der Waals surface area contributed by atoms with Crippen LogP contribution in [0.5, 0.6) is 0 Å². The molecule has 0 spiro atoms. The van der Waals surface area contributed by atoms with Gasteiger partial charge in [0.15, 0.2) is 33.3 Å². The van der Waals surface area contributed by atoms with Gasteiger partial charge in [0.05, 0.1) is 72.9 Å². The normalized spacial score (nSPS) is 38.5. The Bertz CT molecular complexity index is 2360. The molecule has 1 unspecified atom stereocenters. The van der Waals surface area contributed by atoms with Gasteiger partial charge in [-0.25, -0.2) is 4.68 Å². The lowest BCUT2D eigenvalue weighted by molar-refractivity contribution is -0.343. The Kier molecular flexibility index (Phi) is 22.9. The van der Waals surface area contributed by atoms with E-state index in [0.717, 1.165) is 18.5 Å². The predicted octanol–water partition coefficient (Wildman–Crippen LogP) is 6.72. The molecule has 0 aliphatic carbocycles. The SMILES string of the molecule is CN[C@H]1CC[C@H](O[C@H]2/C=C/C=C/C[C@@H](C)OC(=O)C[C@H]3OC(O[Si](C)(C)C(C)(C)C)C[C@@H](C[C@H]2C)[C@H](O[C@@H]2O[C@H](C)[C@@H](O[C@H]4C[C@@](C)(O)[C@@H](OC(=O)CCCc5cn(-c6cccnc6)nn5)[C@H](C)O4)[C@H](N(C)C)[C@H]2O)[C@H]3OC)O[C@@H]1C. The van der Waals surface area contributed by atoms with Crippen LogP contribution in [0, 0.1) is 11.8 Å². The Morgan fingerprint density at radius 1 is 0.951 bits per heavy atom. The highest BCUT2D eigenvalue weighted by molar-refractivity contribution is 6.74. The zero-order chi connectivity index (χ0) is 59.0. The van der Waals surface area contributed by atoms with Gasteiger partial charge in [-0.05, 0) is 130 Å². The van der Waals surface area contributed by atoms with Gasteiger partial charge in [0.2, 0.25) is 0 Å². The van der Waals surface area contributed by atoms with Gasteiger partial charge in [-0.2, -0.15) is 0 Å². The first kappa shape index (κ1) is 65.0. The number of rotatable bonds is 17. The number of aliphatic hydroxyl groups excluding tert-OH is 1. The van der Waals surface area contributed by atoms with Crippen LogP contribution >= 0.6 is 0 Å². The molecule has 5 aliphatic heterocycles. The molecule has 0 amide bonds. The predicted molar refractivity (Wildman–Crippen MR) is 303 cm³/mol. The lowest BCUT2D eigenvalue weighted by Gasteiger charge is -2.50. The molecule has 2 aromatic heterocycles. The van der Waals surface area contributed by atoms with Gasteiger partial charge in [0.25, 0.3) is 0 Å². The van der Waals surface area contributed by atoms with Crippen LogP contribution in [0.2, 0.25) is 18.1 Å². The summed E-state index contributed by atoms with van der Waals surface area (Å²) in [6.07, 6.45) is 5.74. The van der Waals surface area contributed by atoms with Crippen molar-refractivity contribution in [3.8, 4) is 5.69 Å². The van der Waals surface area contributed by atoms with Crippen molar-refractivity contribution in [1.82, 2.24) is 30.2 Å². The number of hydrogen-bond donors (Lipinski definition) is 3. The number of aliphatic hydroxyl groups is 2. The molecule has 3 N–H and O–H groups in total. The maximum Gasteiger partial charge on any atom is 0.308 e. The third-order valence-corrected chi connectivity index (χ3v) is 21.7. The highest BCUT2D eigenvalue weighted by Crippen LogP contribution is 2.44. The summed E-state index contributed by atoms with van der Waals surface area (Å²) in [6.45, 7) is 22.2. The molecule has 2 bridgehead atoms. The third kappa shape index (κ3) is 17.1. The van der Waals surface area contributed by atoms with Crippen LogP contribution in [0.3, 0.4) is 0 Å². The van der Waals surface area contributed by atoms with Gasteiger partial charge in [0, 0.05) is 45.0 Å². The number of carbonyl (C=O) groups is 2. The molecule has 20 atom stereocenters. The zero-order valence-corrected chi connectivity index (χ0v) is 51.7. The molecular formula is C59H96N6O15Si. The van der Waals surface area contributed by atoms with Crippen molar-refractivity contribution >= 4 is 20.3 Å². The van der Waals surface area contributed by atoms with Crippen molar-refractivity contribution < 1.29 is 71.6 Å². The number of pyridine rings is 1. The van der Waals surface area contributed by atoms with Crippen molar-refractivity contribution in [3.63, 3.8) is 0 Å². The van der Waals surface area contributed by atoms with Crippen molar-refractivity contribution in [2.75, 3.05) is 28.3 Å². The van der Waals surface area contributed by atoms with E-state index in [9.17, 15) is 19.8 Å². The number of esters is 2. The lowest BCUT2D eigenvalue weighted by Crippen LogP contribution is -2.65. The number of likely N-dealkylation sites (N-methyl/N-ethyl adjacent to an activating group) is 2. The minimum absolute atomic E-state index is 0.0388. The van der Waals surface area contributed by atoms with Crippen LogP contribution < -0.4 is 5.32 Å². The van der Waals surface area contributed by atoms with Crippen molar-refractivity contribution in [2.24, 2.45) is 11.8 Å². The van der Waals surface area contributed by atoms with E-state index < -0.39 is 112 Å². The van der Waals surface area contributed by atoms with E-state index in [-0.39, 0.29) is 54.4 Å². The molecule has 0 saturated carbocycles. The molecule has 4 fully saturated rings. The first-order chi connectivity index (χ1) is 38.3. The molecule has 2 aromatic rings. The number of nitrogens with one attached hydrogen (secondary N) is 1. The average Bonchev–Trinajstić information content (AvgIpc) is 4.08. The number of allylic oxidation sites excluding steroid dienone is 2. The largest absolute Gasteiger partial charge is 0.462 e. The summed E-state index contributed by atoms with van der Waals surface area (Å²) in [6, 6.07) is 3.20. The monoisotopic (exact) mass is 1160 g/mol. The molecule has 21 nitrogen and oxygen atoms in total. The summed E-state index contributed by atoms with van der Waals surface area (Å²) in [7, 11) is 4.73. The maximum atomic E-state index is 14.0. The van der Waals surface area contributed by atoms with Crippen LogP contribution in [0.15, 0.2) is 55.0 Å². The molecule has 7 heterocycles. The molecule has 456 valence electrons. The second-order valence-corrected chi connectivity index (χ2v) is 29.9. The topological polar surface area (TPSA) is 235 Å².